The van der Waals surface area contributed by atoms with Crippen molar-refractivity contribution >= 4 is 24.2 Å². The molecule has 0 atom stereocenters. The Morgan fingerprint density at radius 3 is 1.93 bits per heavy atom. The van der Waals surface area contributed by atoms with Crippen molar-refractivity contribution in [2.24, 2.45) is 10.8 Å². The molecule has 8 nitrogen and oxygen atoms in total. The predicted molar refractivity (Wildman–Crippen MR) is 110 cm³/mol. The Morgan fingerprint density at radius 1 is 0.800 bits per heavy atom. The van der Waals surface area contributed by atoms with Crippen LogP contribution in [-0.2, 0) is 0 Å². The summed E-state index contributed by atoms with van der Waals surface area (Å²) in [7, 11) is 0. The number of ether oxygens (including phenoxy) is 2. The van der Waals surface area contributed by atoms with Gasteiger partial charge < -0.3 is 15.2 Å². The molecule has 3 aromatic rings. The molecular weight excluding hydrogens is 386 g/mol. The van der Waals surface area contributed by atoms with E-state index in [1.165, 1.54) is 24.4 Å². The number of nitrogens with two attached hydrogens (primary N) is 1. The molecule has 0 bridgehead atoms. The van der Waals surface area contributed by atoms with E-state index in [1.807, 2.05) is 0 Å². The molecule has 30 heavy (non-hydrogen) atoms. The molecule has 150 valence electrons. The van der Waals surface area contributed by atoms with Crippen molar-refractivity contribution in [2.75, 3.05) is 0 Å². The van der Waals surface area contributed by atoms with Crippen molar-refractivity contribution in [1.29, 1.82) is 0 Å². The smallest absolute Gasteiger partial charge is 0.343 e. The molecule has 0 fully saturated rings. The van der Waals surface area contributed by atoms with Gasteiger partial charge in [0.25, 0.3) is 0 Å². The minimum Gasteiger partial charge on any atom is -0.423 e. The molecule has 0 aromatic heterocycles. The largest absolute Gasteiger partial charge is 0.423 e. The molecule has 3 aromatic carbocycles. The highest BCUT2D eigenvalue weighted by molar-refractivity contribution is 5.94. The lowest BCUT2D eigenvalue weighted by Gasteiger charge is -2.10. The van der Waals surface area contributed by atoms with Gasteiger partial charge in [-0.25, -0.2) is 19.8 Å². The van der Waals surface area contributed by atoms with Crippen LogP contribution in [0.25, 0.3) is 0 Å². The zero-order valence-electron chi connectivity index (χ0n) is 15.6. The number of esters is 2. The quantitative estimate of drug-likeness (QED) is 0.284. The van der Waals surface area contributed by atoms with E-state index in [-0.39, 0.29) is 11.5 Å². The Hall–Kier alpha value is -4.46. The van der Waals surface area contributed by atoms with Gasteiger partial charge in [-0.1, -0.05) is 36.4 Å². The minimum absolute atomic E-state index is 0.0808. The number of amides is 2. The molecular formula is C22H17N3O5. The second-order valence-electron chi connectivity index (χ2n) is 5.94. The summed E-state index contributed by atoms with van der Waals surface area (Å²) in [6.45, 7) is 0. The van der Waals surface area contributed by atoms with Crippen LogP contribution in [0, 0.1) is 0 Å². The zero-order chi connectivity index (χ0) is 21.3. The molecule has 0 saturated carbocycles. The number of hydrogen-bond acceptors (Lipinski definition) is 6. The molecule has 0 aliphatic carbocycles. The monoisotopic (exact) mass is 403 g/mol. The number of hydrazone groups is 1. The standard InChI is InChI=1S/C22H17N3O5/c23-22(28)25-24-14-17-11-12-18(29-20(26)15-7-3-1-4-8-15)13-19(17)30-21(27)16-9-5-2-6-10-16/h1-14H,(H3,23,25,28)/b24-14+. The topological polar surface area (TPSA) is 120 Å². The maximum absolute atomic E-state index is 12.4. The summed E-state index contributed by atoms with van der Waals surface area (Å²) < 4.78 is 10.8. The Balaban J connectivity index is 1.86. The molecule has 3 N–H and O–H groups in total. The number of urea groups is 1. The Labute approximate surface area is 171 Å². The molecule has 0 aliphatic rings. The number of nitrogens with zero attached hydrogens (tertiary/aromatic N) is 1. The molecule has 0 aliphatic heterocycles. The summed E-state index contributed by atoms with van der Waals surface area (Å²) in [6, 6.07) is 20.4. The number of carbonyl (C=O) groups excluding carboxylic acids is 3. The van der Waals surface area contributed by atoms with E-state index in [0.29, 0.717) is 16.7 Å². The molecule has 2 amide bonds. The van der Waals surface area contributed by atoms with Gasteiger partial charge in [-0.15, -0.1) is 0 Å². The molecule has 0 saturated heterocycles. The minimum atomic E-state index is -0.845. The Kier molecular flexibility index (Phi) is 6.52. The fourth-order valence-electron chi connectivity index (χ4n) is 2.41. The Bertz CT molecular complexity index is 1080. The summed E-state index contributed by atoms with van der Waals surface area (Å²) in [6.07, 6.45) is 1.25. The average molecular weight is 403 g/mol. The van der Waals surface area contributed by atoms with Gasteiger partial charge in [0.15, 0.2) is 0 Å². The van der Waals surface area contributed by atoms with E-state index in [9.17, 15) is 14.4 Å². The summed E-state index contributed by atoms with van der Waals surface area (Å²) in [5.41, 5.74) is 8.10. The SMILES string of the molecule is NC(=O)N/N=C/c1ccc(OC(=O)c2ccccc2)cc1OC(=O)c1ccccc1. The average Bonchev–Trinajstić information content (AvgIpc) is 2.76. The molecule has 0 heterocycles. The van der Waals surface area contributed by atoms with Crippen molar-refractivity contribution < 1.29 is 23.9 Å². The number of rotatable bonds is 6. The van der Waals surface area contributed by atoms with Crippen molar-refractivity contribution in [3.05, 3.63) is 95.6 Å². The van der Waals surface area contributed by atoms with Crippen LogP contribution in [-0.4, -0.2) is 24.2 Å². The number of benzene rings is 3. The second kappa shape index (κ2) is 9.65. The summed E-state index contributed by atoms with van der Waals surface area (Å²) in [5, 5.41) is 3.67. The van der Waals surface area contributed by atoms with Crippen molar-refractivity contribution in [3.63, 3.8) is 0 Å². The van der Waals surface area contributed by atoms with E-state index >= 15 is 0 Å². The zero-order valence-corrected chi connectivity index (χ0v) is 15.6. The van der Waals surface area contributed by atoms with E-state index in [1.54, 1.807) is 60.7 Å². The van der Waals surface area contributed by atoms with Crippen LogP contribution in [0.1, 0.15) is 26.3 Å². The first kappa shape index (κ1) is 20.3. The van der Waals surface area contributed by atoms with Crippen molar-refractivity contribution in [3.8, 4) is 11.5 Å². The third-order valence-corrected chi connectivity index (χ3v) is 3.80. The summed E-state index contributed by atoms with van der Waals surface area (Å²) >= 11 is 0. The van der Waals surface area contributed by atoms with Gasteiger partial charge in [-0.05, 0) is 36.4 Å². The van der Waals surface area contributed by atoms with E-state index in [2.05, 4.69) is 10.5 Å². The highest BCUT2D eigenvalue weighted by atomic mass is 16.5. The van der Waals surface area contributed by atoms with E-state index in [0.717, 1.165) is 0 Å². The first-order valence-corrected chi connectivity index (χ1v) is 8.80. The molecule has 0 unspecified atom stereocenters. The van der Waals surface area contributed by atoms with Gasteiger partial charge in [0.05, 0.1) is 17.3 Å². The molecule has 3 rings (SSSR count). The lowest BCUT2D eigenvalue weighted by atomic mass is 10.2. The van der Waals surface area contributed by atoms with Gasteiger partial charge >= 0.3 is 18.0 Å². The number of primary amides is 1. The number of carbonyl (C=O) groups is 3. The van der Waals surface area contributed by atoms with Gasteiger partial charge in [0.2, 0.25) is 0 Å². The highest BCUT2D eigenvalue weighted by Crippen LogP contribution is 2.25. The van der Waals surface area contributed by atoms with Gasteiger partial charge in [-0.2, -0.15) is 5.10 Å². The fraction of sp³-hybridized carbons (Fsp3) is 0. The number of nitrogens with one attached hydrogen (secondary N) is 1. The Morgan fingerprint density at radius 2 is 1.37 bits per heavy atom. The van der Waals surface area contributed by atoms with Crippen LogP contribution in [0.4, 0.5) is 4.79 Å². The lowest BCUT2D eigenvalue weighted by molar-refractivity contribution is 0.0732. The summed E-state index contributed by atoms with van der Waals surface area (Å²) in [4.78, 5) is 35.5. The highest BCUT2D eigenvalue weighted by Gasteiger charge is 2.14. The predicted octanol–water partition coefficient (Wildman–Crippen LogP) is 3.13. The van der Waals surface area contributed by atoms with Crippen LogP contribution >= 0.6 is 0 Å². The van der Waals surface area contributed by atoms with Crippen LogP contribution in [0.5, 0.6) is 11.5 Å². The fourth-order valence-corrected chi connectivity index (χ4v) is 2.41. The molecule has 0 spiro atoms. The third kappa shape index (κ3) is 5.52. The number of hydrogen-bond donors (Lipinski definition) is 2. The van der Waals surface area contributed by atoms with Crippen LogP contribution in [0.3, 0.4) is 0 Å². The maximum Gasteiger partial charge on any atom is 0.343 e. The first-order valence-electron chi connectivity index (χ1n) is 8.80. The summed E-state index contributed by atoms with van der Waals surface area (Å²) in [5.74, 6) is -0.927. The lowest BCUT2D eigenvalue weighted by Crippen LogP contribution is -2.24. The van der Waals surface area contributed by atoms with E-state index in [4.69, 9.17) is 15.2 Å². The first-order chi connectivity index (χ1) is 14.5. The van der Waals surface area contributed by atoms with Crippen molar-refractivity contribution in [2.45, 2.75) is 0 Å². The van der Waals surface area contributed by atoms with Gasteiger partial charge in [-0.3, -0.25) is 0 Å². The van der Waals surface area contributed by atoms with Crippen molar-refractivity contribution in [1.82, 2.24) is 5.43 Å². The van der Waals surface area contributed by atoms with Crippen LogP contribution in [0.15, 0.2) is 84.0 Å². The van der Waals surface area contributed by atoms with Gasteiger partial charge in [0, 0.05) is 11.6 Å². The normalized spacial score (nSPS) is 10.4. The van der Waals surface area contributed by atoms with Gasteiger partial charge in [0.1, 0.15) is 11.5 Å². The second-order valence-corrected chi connectivity index (χ2v) is 5.94. The van der Waals surface area contributed by atoms with Crippen LogP contribution in [0.2, 0.25) is 0 Å². The van der Waals surface area contributed by atoms with Crippen LogP contribution < -0.4 is 20.6 Å². The maximum atomic E-state index is 12.4. The van der Waals surface area contributed by atoms with E-state index < -0.39 is 18.0 Å². The molecule has 0 radical (unpaired) electrons. The third-order valence-electron chi connectivity index (χ3n) is 3.80. The molecule has 8 heteroatoms.